The highest BCUT2D eigenvalue weighted by Gasteiger charge is 2.64. The third-order valence-electron chi connectivity index (χ3n) is 6.61. The summed E-state index contributed by atoms with van der Waals surface area (Å²) < 4.78 is 16.8. The smallest absolute Gasteiger partial charge is 0.329 e. The number of carbonyl (C=O) groups is 2. The lowest BCUT2D eigenvalue weighted by atomic mass is 9.69. The zero-order chi connectivity index (χ0) is 22.7. The number of carbonyl (C=O) groups excluding carboxylic acids is 2. The maximum Gasteiger partial charge on any atom is 0.329 e. The third kappa shape index (κ3) is 3.10. The van der Waals surface area contributed by atoms with Gasteiger partial charge < -0.3 is 24.0 Å². The Morgan fingerprint density at radius 2 is 1.75 bits per heavy atom. The van der Waals surface area contributed by atoms with Gasteiger partial charge >= 0.3 is 11.9 Å². The minimum absolute atomic E-state index is 0.203. The van der Waals surface area contributed by atoms with Gasteiger partial charge in [0.15, 0.2) is 5.41 Å². The number of hydrogen-bond acceptors (Lipinski definition) is 7. The molecule has 0 bridgehead atoms. The molecule has 1 atom stereocenters. The molecule has 7 nitrogen and oxygen atoms in total. The van der Waals surface area contributed by atoms with Gasteiger partial charge in [-0.25, -0.2) is 0 Å². The van der Waals surface area contributed by atoms with Crippen LogP contribution in [0.25, 0.3) is 0 Å². The Hall–Kier alpha value is -2.93. The third-order valence-corrected chi connectivity index (χ3v) is 6.84. The second-order valence-electron chi connectivity index (χ2n) is 8.93. The van der Waals surface area contributed by atoms with Gasteiger partial charge in [-0.15, -0.1) is 0 Å². The first-order chi connectivity index (χ1) is 15.2. The molecule has 3 aliphatic rings. The van der Waals surface area contributed by atoms with E-state index in [2.05, 4.69) is 9.80 Å². The summed E-state index contributed by atoms with van der Waals surface area (Å²) in [4.78, 5) is 31.2. The predicted molar refractivity (Wildman–Crippen MR) is 120 cm³/mol. The molecule has 0 aromatic heterocycles. The first-order valence-electron chi connectivity index (χ1n) is 10.6. The van der Waals surface area contributed by atoms with Crippen LogP contribution in [-0.4, -0.2) is 50.5 Å². The fourth-order valence-electron chi connectivity index (χ4n) is 5.12. The van der Waals surface area contributed by atoms with Gasteiger partial charge in [-0.05, 0) is 29.8 Å². The maximum absolute atomic E-state index is 13.5. The zero-order valence-electron chi connectivity index (χ0n) is 18.3. The van der Waals surface area contributed by atoms with Crippen LogP contribution in [0.15, 0.2) is 42.5 Å². The number of para-hydroxylation sites is 2. The quantitative estimate of drug-likeness (QED) is 0.506. The highest BCUT2D eigenvalue weighted by Crippen LogP contribution is 2.49. The van der Waals surface area contributed by atoms with Crippen molar-refractivity contribution in [1.82, 2.24) is 0 Å². The van der Waals surface area contributed by atoms with Crippen molar-refractivity contribution in [3.63, 3.8) is 0 Å². The van der Waals surface area contributed by atoms with Crippen molar-refractivity contribution in [2.24, 2.45) is 5.41 Å². The standard InChI is InChI=1S/C24H25ClN2O5/c1-23(2)31-21(28)24(22(29)32-23)13-15-8-9-16(25)12-18(15)27-11-10-26(14-20(24)27)17-6-4-5-7-19(17)30-3/h4-9,12,20H,10-11,13-14H2,1-3H3/t20-/m0/s1. The summed E-state index contributed by atoms with van der Waals surface area (Å²) in [5.74, 6) is -1.64. The van der Waals surface area contributed by atoms with Crippen molar-refractivity contribution in [3.8, 4) is 5.75 Å². The molecule has 3 heterocycles. The van der Waals surface area contributed by atoms with E-state index in [-0.39, 0.29) is 6.42 Å². The molecule has 0 radical (unpaired) electrons. The van der Waals surface area contributed by atoms with E-state index >= 15 is 0 Å². The molecular formula is C24H25ClN2O5. The molecule has 2 aromatic rings. The molecule has 2 aromatic carbocycles. The predicted octanol–water partition coefficient (Wildman–Crippen LogP) is 3.42. The summed E-state index contributed by atoms with van der Waals surface area (Å²) in [5.41, 5.74) is 1.28. The number of fused-ring (bicyclic) bond motifs is 4. The van der Waals surface area contributed by atoms with Crippen molar-refractivity contribution in [2.45, 2.75) is 32.1 Å². The summed E-state index contributed by atoms with van der Waals surface area (Å²) >= 11 is 6.31. The topological polar surface area (TPSA) is 68.3 Å². The fraction of sp³-hybridized carbons (Fsp3) is 0.417. The normalized spacial score (nSPS) is 23.2. The van der Waals surface area contributed by atoms with E-state index in [1.807, 2.05) is 36.4 Å². The number of benzene rings is 2. The number of anilines is 2. The van der Waals surface area contributed by atoms with Crippen molar-refractivity contribution >= 4 is 34.9 Å². The van der Waals surface area contributed by atoms with Gasteiger partial charge in [0.05, 0.1) is 18.8 Å². The van der Waals surface area contributed by atoms with E-state index in [1.165, 1.54) is 0 Å². The van der Waals surface area contributed by atoms with Crippen LogP contribution in [0.3, 0.4) is 0 Å². The van der Waals surface area contributed by atoms with Crippen molar-refractivity contribution < 1.29 is 23.8 Å². The molecule has 0 aliphatic carbocycles. The Labute approximate surface area is 191 Å². The van der Waals surface area contributed by atoms with E-state index < -0.39 is 29.2 Å². The Kier molecular flexibility index (Phi) is 4.78. The number of esters is 2. The largest absolute Gasteiger partial charge is 0.495 e. The van der Waals surface area contributed by atoms with Crippen LogP contribution in [-0.2, 0) is 25.5 Å². The van der Waals surface area contributed by atoms with Gasteiger partial charge in [-0.1, -0.05) is 29.8 Å². The molecular weight excluding hydrogens is 432 g/mol. The first kappa shape index (κ1) is 20.9. The van der Waals surface area contributed by atoms with Crippen molar-refractivity contribution in [2.75, 3.05) is 36.5 Å². The molecule has 0 amide bonds. The highest BCUT2D eigenvalue weighted by molar-refractivity contribution is 6.31. The van der Waals surface area contributed by atoms with E-state index in [0.29, 0.717) is 24.7 Å². The molecule has 0 N–H and O–H groups in total. The van der Waals surface area contributed by atoms with Crippen LogP contribution >= 0.6 is 11.6 Å². The van der Waals surface area contributed by atoms with E-state index in [4.69, 9.17) is 25.8 Å². The maximum atomic E-state index is 13.5. The van der Waals surface area contributed by atoms with E-state index in [9.17, 15) is 9.59 Å². The number of nitrogens with zero attached hydrogens (tertiary/aromatic N) is 2. The molecule has 2 saturated heterocycles. The van der Waals surface area contributed by atoms with E-state index in [1.54, 1.807) is 27.0 Å². The Morgan fingerprint density at radius 3 is 2.47 bits per heavy atom. The molecule has 32 heavy (non-hydrogen) atoms. The SMILES string of the molecule is COc1ccccc1N1CCN2c3cc(Cl)ccc3CC3(C(=O)OC(C)(C)OC3=O)[C@@H]2C1. The number of methoxy groups -OCH3 is 1. The summed E-state index contributed by atoms with van der Waals surface area (Å²) in [6.07, 6.45) is 0.203. The average Bonchev–Trinajstić information content (AvgIpc) is 2.76. The van der Waals surface area contributed by atoms with Gasteiger partial charge in [0, 0.05) is 50.6 Å². The van der Waals surface area contributed by atoms with Gasteiger partial charge in [-0.2, -0.15) is 0 Å². The monoisotopic (exact) mass is 456 g/mol. The molecule has 168 valence electrons. The number of rotatable bonds is 2. The van der Waals surface area contributed by atoms with Crippen LogP contribution in [0.1, 0.15) is 19.4 Å². The second-order valence-corrected chi connectivity index (χ2v) is 9.36. The minimum atomic E-state index is -1.46. The molecule has 2 fully saturated rings. The minimum Gasteiger partial charge on any atom is -0.495 e. The number of ether oxygens (including phenoxy) is 3. The first-order valence-corrected chi connectivity index (χ1v) is 11.0. The lowest BCUT2D eigenvalue weighted by Crippen LogP contribution is -2.71. The summed E-state index contributed by atoms with van der Waals surface area (Å²) in [6.45, 7) is 4.87. The van der Waals surface area contributed by atoms with Crippen LogP contribution in [0.4, 0.5) is 11.4 Å². The second kappa shape index (κ2) is 7.30. The van der Waals surface area contributed by atoms with Crippen LogP contribution in [0.2, 0.25) is 5.02 Å². The van der Waals surface area contributed by atoms with Gasteiger partial charge in [0.25, 0.3) is 5.79 Å². The molecule has 1 spiro atoms. The number of halogens is 1. The summed E-state index contributed by atoms with van der Waals surface area (Å²) in [6, 6.07) is 12.8. The Morgan fingerprint density at radius 1 is 1.03 bits per heavy atom. The highest BCUT2D eigenvalue weighted by atomic mass is 35.5. The summed E-state index contributed by atoms with van der Waals surface area (Å²) in [7, 11) is 1.63. The number of cyclic esters (lactones) is 2. The van der Waals surface area contributed by atoms with Crippen molar-refractivity contribution in [1.29, 1.82) is 0 Å². The van der Waals surface area contributed by atoms with Gasteiger partial charge in [-0.3, -0.25) is 9.59 Å². The van der Waals surface area contributed by atoms with E-state index in [0.717, 1.165) is 22.7 Å². The van der Waals surface area contributed by atoms with Gasteiger partial charge in [0.1, 0.15) is 5.75 Å². The molecule has 3 aliphatic heterocycles. The Bertz CT molecular complexity index is 1080. The number of hydrogen-bond donors (Lipinski definition) is 0. The lowest BCUT2D eigenvalue weighted by Gasteiger charge is -2.55. The number of piperazine rings is 1. The van der Waals surface area contributed by atoms with Crippen molar-refractivity contribution in [3.05, 3.63) is 53.1 Å². The molecule has 0 unspecified atom stereocenters. The Balaban J connectivity index is 1.62. The van der Waals surface area contributed by atoms with Crippen LogP contribution in [0, 0.1) is 5.41 Å². The van der Waals surface area contributed by atoms with Crippen LogP contribution < -0.4 is 14.5 Å². The van der Waals surface area contributed by atoms with Gasteiger partial charge in [0.2, 0.25) is 0 Å². The fourth-order valence-corrected chi connectivity index (χ4v) is 5.29. The molecule has 8 heteroatoms. The molecule has 0 saturated carbocycles. The average molecular weight is 457 g/mol. The zero-order valence-corrected chi connectivity index (χ0v) is 19.0. The summed E-state index contributed by atoms with van der Waals surface area (Å²) in [5, 5.41) is 0.612. The molecule has 5 rings (SSSR count). The lowest BCUT2D eigenvalue weighted by molar-refractivity contribution is -0.253. The van der Waals surface area contributed by atoms with Crippen LogP contribution in [0.5, 0.6) is 5.75 Å².